The van der Waals surface area contributed by atoms with Crippen LogP contribution < -0.4 is 30.4 Å². The maximum Gasteiger partial charge on any atom is 0.264 e. The molecule has 1 aromatic heterocycles. The second-order valence-electron chi connectivity index (χ2n) is 29.1. The Labute approximate surface area is 466 Å². The Kier molecular flexibility index (Phi) is 11.6. The number of fused-ring (bicyclic) bond motifs is 9. The van der Waals surface area contributed by atoms with Crippen LogP contribution in [-0.4, -0.2) is 12.3 Å². The maximum absolute atomic E-state index is 2.93. The van der Waals surface area contributed by atoms with Gasteiger partial charge in [0.25, 0.3) is 6.71 Å². The number of nitrogens with zero attached hydrogens (tertiary/aromatic N) is 3. The second kappa shape index (κ2) is 17.2. The minimum atomic E-state index is -0.153. The first-order valence-electron chi connectivity index (χ1n) is 28.8. The van der Waals surface area contributed by atoms with Crippen LogP contribution in [0.1, 0.15) is 177 Å². The molecule has 2 atom stereocenters. The van der Waals surface area contributed by atoms with Gasteiger partial charge >= 0.3 is 0 Å². The van der Waals surface area contributed by atoms with E-state index in [4.69, 9.17) is 0 Å². The van der Waals surface area contributed by atoms with Crippen molar-refractivity contribution in [2.45, 2.75) is 181 Å². The maximum atomic E-state index is 2.93. The van der Waals surface area contributed by atoms with Crippen molar-refractivity contribution in [3.8, 4) is 11.1 Å². The summed E-state index contributed by atoms with van der Waals surface area (Å²) in [7, 11) is 0. The Balaban J connectivity index is 1.26. The van der Waals surface area contributed by atoms with Crippen LogP contribution in [0.25, 0.3) is 21.2 Å². The summed E-state index contributed by atoms with van der Waals surface area (Å²) in [5, 5.41) is 1.33. The van der Waals surface area contributed by atoms with Crippen molar-refractivity contribution in [3.63, 3.8) is 0 Å². The Morgan fingerprint density at radius 2 is 1.01 bits per heavy atom. The third kappa shape index (κ3) is 8.08. The summed E-state index contributed by atoms with van der Waals surface area (Å²) in [4.78, 5) is 8.26. The van der Waals surface area contributed by atoms with E-state index in [1.165, 1.54) is 118 Å². The van der Waals surface area contributed by atoms with Gasteiger partial charge in [0.15, 0.2) is 0 Å². The highest BCUT2D eigenvalue weighted by atomic mass is 32.1. The molecule has 4 aliphatic rings. The van der Waals surface area contributed by atoms with E-state index in [9.17, 15) is 0 Å². The predicted octanol–water partition coefficient (Wildman–Crippen LogP) is 18.9. The lowest BCUT2D eigenvalue weighted by Gasteiger charge is -2.52. The van der Waals surface area contributed by atoms with Gasteiger partial charge in [0.1, 0.15) is 0 Å². The van der Waals surface area contributed by atoms with Gasteiger partial charge in [-0.05, 0) is 157 Å². The molecule has 3 nitrogen and oxygen atoms in total. The van der Waals surface area contributed by atoms with Gasteiger partial charge in [-0.1, -0.05) is 202 Å². The molecule has 0 amide bonds. The highest BCUT2D eigenvalue weighted by molar-refractivity contribution is 7.33. The minimum absolute atomic E-state index is 0.0197. The first-order valence-corrected chi connectivity index (χ1v) is 29.6. The van der Waals surface area contributed by atoms with Crippen molar-refractivity contribution in [1.29, 1.82) is 0 Å². The van der Waals surface area contributed by atoms with Crippen LogP contribution in [0.2, 0.25) is 0 Å². The molecule has 0 radical (unpaired) electrons. The van der Waals surface area contributed by atoms with Crippen LogP contribution in [0, 0.1) is 0 Å². The third-order valence-corrected chi connectivity index (χ3v) is 20.0. The van der Waals surface area contributed by atoms with Crippen molar-refractivity contribution in [2.75, 3.05) is 14.7 Å². The smallest absolute Gasteiger partial charge is 0.264 e. The SMILES string of the molecule is CC(C)(C)c1ccc(N(c2ccc(C(C)(C)C)cc2)c2cc3c4c(c2)N2c5c(cc(C(C)(C)C)cc5C5(C)CCCCC25C)B4c2sc4ccc(C(C)(C)C)cc4c2N3c2ccc(C(C)(C)C)cc2-c2ccccc2)cc1. The van der Waals surface area contributed by atoms with Gasteiger partial charge in [-0.25, -0.2) is 0 Å². The molecule has 1 saturated carbocycles. The van der Waals surface area contributed by atoms with Crippen LogP contribution in [-0.2, 0) is 32.5 Å². The number of anilines is 8. The van der Waals surface area contributed by atoms with Crippen LogP contribution >= 0.6 is 11.3 Å². The highest BCUT2D eigenvalue weighted by Crippen LogP contribution is 2.63. The highest BCUT2D eigenvalue weighted by Gasteiger charge is 2.62. The van der Waals surface area contributed by atoms with Crippen LogP contribution in [0.4, 0.5) is 45.5 Å². The van der Waals surface area contributed by atoms with Gasteiger partial charge < -0.3 is 14.7 Å². The molecule has 1 aliphatic carbocycles. The monoisotopic (exact) mass is 1030 g/mol. The largest absolute Gasteiger partial charge is 0.335 e. The van der Waals surface area contributed by atoms with Crippen molar-refractivity contribution in [1.82, 2.24) is 0 Å². The number of thiophene rings is 1. The fraction of sp³-hybridized carbons (Fsp3) is 0.389. The Bertz CT molecular complexity index is 3580. The molecule has 0 N–H and O–H groups in total. The van der Waals surface area contributed by atoms with E-state index in [-0.39, 0.29) is 44.7 Å². The molecule has 0 saturated heterocycles. The molecule has 3 aliphatic heterocycles. The molecule has 4 heterocycles. The zero-order chi connectivity index (χ0) is 54.7. The molecule has 8 aromatic rings. The van der Waals surface area contributed by atoms with Gasteiger partial charge in [-0.3, -0.25) is 0 Å². The summed E-state index contributed by atoms with van der Waals surface area (Å²) in [6.45, 7) is 40.7. The molecular formula is C72H82BN3S. The van der Waals surface area contributed by atoms with Crippen LogP contribution in [0.5, 0.6) is 0 Å². The molecule has 0 bridgehead atoms. The standard InChI is InChI=1S/C72H82BN3S/c1-66(2,3)46-25-31-51(32-26-46)74(52-33-27-47(28-34-52)67(4,5)6)53-43-59-62-60(44-53)76-64-56(71(16)37-21-22-38-72(71,76)17)41-50(70(13,14)15)42-57(64)73(62)65-63(55-40-49(69(10,11)12)30-36-61(55)77-65)75(59)58-35-29-48(68(7,8)9)39-54(58)45-23-19-18-20-24-45/h18-20,23-36,39-44H,21-22,37-38H2,1-17H3. The zero-order valence-electron chi connectivity index (χ0n) is 49.4. The van der Waals surface area contributed by atoms with Crippen LogP contribution in [0.15, 0.2) is 140 Å². The van der Waals surface area contributed by atoms with Gasteiger partial charge in [-0.2, -0.15) is 0 Å². The fourth-order valence-corrected chi connectivity index (χ4v) is 15.1. The van der Waals surface area contributed by atoms with Crippen molar-refractivity contribution in [2.24, 2.45) is 0 Å². The normalized spacial score (nSPS) is 19.1. The van der Waals surface area contributed by atoms with Crippen molar-refractivity contribution >= 4 is 89.3 Å². The summed E-state index contributed by atoms with van der Waals surface area (Å²) in [5.74, 6) is 0. The van der Waals surface area contributed by atoms with Gasteiger partial charge in [-0.15, -0.1) is 11.3 Å². The van der Waals surface area contributed by atoms with E-state index in [1.54, 1.807) is 5.56 Å². The predicted molar refractivity (Wildman–Crippen MR) is 338 cm³/mol. The molecule has 7 aromatic carbocycles. The van der Waals surface area contributed by atoms with E-state index in [0.29, 0.717) is 0 Å². The lowest BCUT2D eigenvalue weighted by Crippen LogP contribution is -2.64. The first kappa shape index (κ1) is 51.7. The molecule has 0 spiro atoms. The van der Waals surface area contributed by atoms with Gasteiger partial charge in [0.05, 0.1) is 22.6 Å². The fourth-order valence-electron chi connectivity index (χ4n) is 13.8. The molecule has 2 unspecified atom stereocenters. The van der Waals surface area contributed by atoms with E-state index in [1.807, 2.05) is 11.3 Å². The lowest BCUT2D eigenvalue weighted by atomic mass is 9.36. The van der Waals surface area contributed by atoms with Gasteiger partial charge in [0.2, 0.25) is 0 Å². The average molecular weight is 1030 g/mol. The molecule has 1 fully saturated rings. The van der Waals surface area contributed by atoms with E-state index >= 15 is 0 Å². The zero-order valence-corrected chi connectivity index (χ0v) is 50.3. The Morgan fingerprint density at radius 3 is 1.60 bits per heavy atom. The average Bonchev–Trinajstić information content (AvgIpc) is 3.84. The Hall–Kier alpha value is -6.04. The quantitative estimate of drug-likeness (QED) is 0.159. The second-order valence-corrected chi connectivity index (χ2v) is 30.2. The topological polar surface area (TPSA) is 9.72 Å². The molecular weight excluding hydrogens is 950 g/mol. The Morgan fingerprint density at radius 1 is 0.481 bits per heavy atom. The first-order chi connectivity index (χ1) is 36.1. The van der Waals surface area contributed by atoms with Crippen molar-refractivity contribution < 1.29 is 0 Å². The number of hydrogen-bond donors (Lipinski definition) is 0. The summed E-state index contributed by atoms with van der Waals surface area (Å²) < 4.78 is 2.78. The van der Waals surface area contributed by atoms with E-state index in [2.05, 4.69) is 272 Å². The summed E-state index contributed by atoms with van der Waals surface area (Å²) in [5.41, 5.74) is 23.5. The summed E-state index contributed by atoms with van der Waals surface area (Å²) >= 11 is 2.03. The summed E-state index contributed by atoms with van der Waals surface area (Å²) in [6, 6.07) is 55.5. The van der Waals surface area contributed by atoms with Crippen LogP contribution in [0.3, 0.4) is 0 Å². The molecule has 12 rings (SSSR count). The number of rotatable bonds is 5. The summed E-state index contributed by atoms with van der Waals surface area (Å²) in [6.07, 6.45) is 4.78. The molecule has 5 heteroatoms. The van der Waals surface area contributed by atoms with E-state index in [0.717, 1.165) is 17.8 Å². The number of benzene rings is 7. The molecule has 394 valence electrons. The number of hydrogen-bond acceptors (Lipinski definition) is 4. The minimum Gasteiger partial charge on any atom is -0.335 e. The lowest BCUT2D eigenvalue weighted by molar-refractivity contribution is 0.195. The molecule has 77 heavy (non-hydrogen) atoms. The third-order valence-electron chi connectivity index (χ3n) is 18.8. The van der Waals surface area contributed by atoms with E-state index < -0.39 is 0 Å². The van der Waals surface area contributed by atoms with Gasteiger partial charge in [0, 0.05) is 54.3 Å². The van der Waals surface area contributed by atoms with Crippen molar-refractivity contribution in [3.05, 3.63) is 173 Å².